The van der Waals surface area contributed by atoms with Gasteiger partial charge in [0.2, 0.25) is 5.91 Å². The summed E-state index contributed by atoms with van der Waals surface area (Å²) < 4.78 is 2.11. The first-order valence-corrected chi connectivity index (χ1v) is 9.42. The van der Waals surface area contributed by atoms with E-state index in [0.29, 0.717) is 13.0 Å². The average Bonchev–Trinajstić information content (AvgIpc) is 3.10. The van der Waals surface area contributed by atoms with E-state index in [4.69, 9.17) is 4.84 Å². The third-order valence-corrected chi connectivity index (χ3v) is 4.78. The summed E-state index contributed by atoms with van der Waals surface area (Å²) in [4.78, 5) is 22.3. The Labute approximate surface area is 155 Å². The Morgan fingerprint density at radius 3 is 2.81 bits per heavy atom. The molecule has 1 saturated heterocycles. The first-order valence-electron chi connectivity index (χ1n) is 9.42. The molecule has 0 spiro atoms. The van der Waals surface area contributed by atoms with Crippen LogP contribution in [0.3, 0.4) is 0 Å². The van der Waals surface area contributed by atoms with Gasteiger partial charge < -0.3 is 9.88 Å². The zero-order valence-corrected chi connectivity index (χ0v) is 15.4. The lowest BCUT2D eigenvalue weighted by Gasteiger charge is -2.26. The van der Waals surface area contributed by atoms with Crippen molar-refractivity contribution in [2.45, 2.75) is 45.2 Å². The number of benzene rings is 1. The van der Waals surface area contributed by atoms with Crippen LogP contribution in [-0.4, -0.2) is 40.2 Å². The summed E-state index contributed by atoms with van der Waals surface area (Å²) in [7, 11) is 0. The molecule has 1 amide bonds. The standard InChI is InChI=1S/C20H28N4O2/c1-17-21-11-15-23(17)13-9-19(18-7-3-2-4-8-18)22-20(25)10-14-24-12-5-6-16-26-24/h2-4,7-8,11,15,19H,5-6,9-10,12-14,16H2,1H3,(H,22,25)/t19-/m1/s1. The van der Waals surface area contributed by atoms with E-state index in [9.17, 15) is 4.79 Å². The van der Waals surface area contributed by atoms with Crippen LogP contribution in [0, 0.1) is 6.92 Å². The molecule has 1 aliphatic rings. The van der Waals surface area contributed by atoms with Crippen LogP contribution in [0.25, 0.3) is 0 Å². The Bertz CT molecular complexity index is 680. The Morgan fingerprint density at radius 2 is 2.12 bits per heavy atom. The summed E-state index contributed by atoms with van der Waals surface area (Å²) in [6.45, 7) is 5.14. The first-order chi connectivity index (χ1) is 12.7. The molecule has 0 saturated carbocycles. The molecule has 1 fully saturated rings. The highest BCUT2D eigenvalue weighted by Gasteiger charge is 2.17. The van der Waals surface area contributed by atoms with Crippen molar-refractivity contribution < 1.29 is 9.63 Å². The number of hydrogen-bond acceptors (Lipinski definition) is 4. The van der Waals surface area contributed by atoms with E-state index >= 15 is 0 Å². The fraction of sp³-hybridized carbons (Fsp3) is 0.500. The third-order valence-electron chi connectivity index (χ3n) is 4.78. The van der Waals surface area contributed by atoms with Crippen LogP contribution in [0.5, 0.6) is 0 Å². The quantitative estimate of drug-likeness (QED) is 0.790. The van der Waals surface area contributed by atoms with E-state index in [1.54, 1.807) is 0 Å². The second-order valence-electron chi connectivity index (χ2n) is 6.71. The van der Waals surface area contributed by atoms with Crippen LogP contribution in [0.1, 0.15) is 43.1 Å². The lowest BCUT2D eigenvalue weighted by Crippen LogP contribution is -2.35. The minimum atomic E-state index is -0.00669. The van der Waals surface area contributed by atoms with Crippen LogP contribution in [0.15, 0.2) is 42.7 Å². The van der Waals surface area contributed by atoms with Crippen molar-refractivity contribution in [2.75, 3.05) is 19.7 Å². The molecular weight excluding hydrogens is 328 g/mol. The molecule has 6 nitrogen and oxygen atoms in total. The second-order valence-corrected chi connectivity index (χ2v) is 6.71. The molecule has 1 N–H and O–H groups in total. The van der Waals surface area contributed by atoms with Gasteiger partial charge in [-0.15, -0.1) is 0 Å². The predicted octanol–water partition coefficient (Wildman–Crippen LogP) is 2.86. The van der Waals surface area contributed by atoms with Gasteiger partial charge in [-0.1, -0.05) is 30.3 Å². The van der Waals surface area contributed by atoms with Crippen molar-refractivity contribution in [1.82, 2.24) is 19.9 Å². The largest absolute Gasteiger partial charge is 0.349 e. The van der Waals surface area contributed by atoms with Crippen LogP contribution in [0.4, 0.5) is 0 Å². The van der Waals surface area contributed by atoms with E-state index in [-0.39, 0.29) is 11.9 Å². The Morgan fingerprint density at radius 1 is 1.27 bits per heavy atom. The molecule has 6 heteroatoms. The Kier molecular flexibility index (Phi) is 6.80. The van der Waals surface area contributed by atoms with Crippen LogP contribution >= 0.6 is 0 Å². The van der Waals surface area contributed by atoms with Gasteiger partial charge in [-0.25, -0.2) is 4.98 Å². The molecule has 2 heterocycles. The molecule has 2 aromatic rings. The van der Waals surface area contributed by atoms with Gasteiger partial charge in [0, 0.05) is 38.4 Å². The number of hydroxylamine groups is 2. The van der Waals surface area contributed by atoms with Gasteiger partial charge in [-0.05, 0) is 31.7 Å². The number of imidazole rings is 1. The van der Waals surface area contributed by atoms with Gasteiger partial charge in [0.25, 0.3) is 0 Å². The highest BCUT2D eigenvalue weighted by atomic mass is 16.7. The predicted molar refractivity (Wildman–Crippen MR) is 100 cm³/mol. The number of nitrogens with zero attached hydrogens (tertiary/aromatic N) is 3. The molecule has 1 aliphatic heterocycles. The highest BCUT2D eigenvalue weighted by Crippen LogP contribution is 2.18. The minimum absolute atomic E-state index is 0.00669. The third kappa shape index (κ3) is 5.41. The number of nitrogens with one attached hydrogen (secondary N) is 1. The summed E-state index contributed by atoms with van der Waals surface area (Å²) in [6.07, 6.45) is 7.31. The molecule has 3 rings (SSSR count). The fourth-order valence-corrected chi connectivity index (χ4v) is 3.23. The molecule has 1 aromatic carbocycles. The molecule has 0 radical (unpaired) electrons. The monoisotopic (exact) mass is 356 g/mol. The van der Waals surface area contributed by atoms with Crippen LogP contribution in [0.2, 0.25) is 0 Å². The molecule has 0 unspecified atom stereocenters. The number of carbonyl (C=O) groups is 1. The lowest BCUT2D eigenvalue weighted by molar-refractivity contribution is -0.181. The van der Waals surface area contributed by atoms with Gasteiger partial charge in [0.15, 0.2) is 0 Å². The lowest BCUT2D eigenvalue weighted by atomic mass is 10.0. The maximum atomic E-state index is 12.5. The van der Waals surface area contributed by atoms with Gasteiger partial charge >= 0.3 is 0 Å². The maximum absolute atomic E-state index is 12.5. The molecule has 1 aromatic heterocycles. The topological polar surface area (TPSA) is 59.4 Å². The smallest absolute Gasteiger partial charge is 0.221 e. The summed E-state index contributed by atoms with van der Waals surface area (Å²) in [5, 5.41) is 5.11. The van der Waals surface area contributed by atoms with Crippen molar-refractivity contribution in [3.05, 3.63) is 54.1 Å². The van der Waals surface area contributed by atoms with Crippen molar-refractivity contribution in [1.29, 1.82) is 0 Å². The number of aromatic nitrogens is 2. The van der Waals surface area contributed by atoms with Crippen molar-refractivity contribution in [2.24, 2.45) is 0 Å². The Hall–Kier alpha value is -2.18. The summed E-state index contributed by atoms with van der Waals surface area (Å²) in [5.74, 6) is 1.06. The number of aryl methyl sites for hydroxylation is 2. The molecule has 26 heavy (non-hydrogen) atoms. The van der Waals surface area contributed by atoms with Crippen molar-refractivity contribution in [3.8, 4) is 0 Å². The molecular formula is C20H28N4O2. The normalized spacial score (nSPS) is 16.3. The number of rotatable bonds is 8. The molecule has 1 atom stereocenters. The highest BCUT2D eigenvalue weighted by molar-refractivity contribution is 5.76. The number of amides is 1. The summed E-state index contributed by atoms with van der Waals surface area (Å²) in [6, 6.07) is 10.2. The average molecular weight is 356 g/mol. The van der Waals surface area contributed by atoms with E-state index in [2.05, 4.69) is 27.0 Å². The van der Waals surface area contributed by atoms with Gasteiger partial charge in [0.05, 0.1) is 12.6 Å². The minimum Gasteiger partial charge on any atom is -0.349 e. The molecule has 0 bridgehead atoms. The zero-order valence-electron chi connectivity index (χ0n) is 15.4. The number of hydrogen-bond donors (Lipinski definition) is 1. The van der Waals surface area contributed by atoms with Gasteiger partial charge in [-0.2, -0.15) is 5.06 Å². The van der Waals surface area contributed by atoms with E-state index in [1.807, 2.05) is 42.6 Å². The summed E-state index contributed by atoms with van der Waals surface area (Å²) in [5.41, 5.74) is 1.13. The second kappa shape index (κ2) is 9.50. The maximum Gasteiger partial charge on any atom is 0.221 e. The zero-order chi connectivity index (χ0) is 18.2. The molecule has 0 aliphatic carbocycles. The number of carbonyl (C=O) groups excluding carboxylic acids is 1. The SMILES string of the molecule is Cc1nccn1CC[C@@H](NC(=O)CCN1CCCCO1)c1ccccc1. The van der Waals surface area contributed by atoms with Gasteiger partial charge in [-0.3, -0.25) is 9.63 Å². The van der Waals surface area contributed by atoms with E-state index < -0.39 is 0 Å². The van der Waals surface area contributed by atoms with Crippen LogP contribution < -0.4 is 5.32 Å². The van der Waals surface area contributed by atoms with Crippen LogP contribution in [-0.2, 0) is 16.2 Å². The van der Waals surface area contributed by atoms with Crippen molar-refractivity contribution >= 4 is 5.91 Å². The fourth-order valence-electron chi connectivity index (χ4n) is 3.23. The van der Waals surface area contributed by atoms with E-state index in [1.165, 1.54) is 0 Å². The first kappa shape index (κ1) is 18.6. The Balaban J connectivity index is 1.56. The van der Waals surface area contributed by atoms with Gasteiger partial charge in [0.1, 0.15) is 5.82 Å². The van der Waals surface area contributed by atoms with Crippen molar-refractivity contribution in [3.63, 3.8) is 0 Å². The summed E-state index contributed by atoms with van der Waals surface area (Å²) >= 11 is 0. The molecule has 140 valence electrons. The van der Waals surface area contributed by atoms with E-state index in [0.717, 1.165) is 50.3 Å².